The first-order valence-corrected chi connectivity index (χ1v) is 11.6. The predicted octanol–water partition coefficient (Wildman–Crippen LogP) is 6.07. The normalized spacial score (nSPS) is 18.2. The van der Waals surface area contributed by atoms with Crippen LogP contribution in [-0.2, 0) is 0 Å². The van der Waals surface area contributed by atoms with Gasteiger partial charge in [0.05, 0.1) is 16.9 Å². The van der Waals surface area contributed by atoms with E-state index in [9.17, 15) is 0 Å². The molecule has 0 N–H and O–H groups in total. The Morgan fingerprint density at radius 1 is 0.939 bits per heavy atom. The van der Waals surface area contributed by atoms with Crippen molar-refractivity contribution < 1.29 is 0 Å². The minimum atomic E-state index is 0.417. The van der Waals surface area contributed by atoms with Crippen molar-refractivity contribution in [3.8, 4) is 22.5 Å². The molecule has 3 aromatic heterocycles. The molecule has 0 spiro atoms. The average Bonchev–Trinajstić information content (AvgIpc) is 3.18. The molecule has 1 aliphatic rings. The third kappa shape index (κ3) is 3.48. The first-order valence-electron chi connectivity index (χ1n) is 11.2. The maximum absolute atomic E-state index is 6.60. The lowest BCUT2D eigenvalue weighted by atomic mass is 9.79. The molecular weight excluding hydrogens is 430 g/mol. The van der Waals surface area contributed by atoms with Gasteiger partial charge in [-0.15, -0.1) is 0 Å². The van der Waals surface area contributed by atoms with Crippen molar-refractivity contribution in [1.82, 2.24) is 24.3 Å². The molecule has 5 nitrogen and oxygen atoms in total. The van der Waals surface area contributed by atoms with E-state index in [0.717, 1.165) is 57.6 Å². The first kappa shape index (κ1) is 20.3. The number of hydrogen-bond acceptors (Lipinski definition) is 4. The van der Waals surface area contributed by atoms with Crippen molar-refractivity contribution >= 4 is 28.0 Å². The molecule has 6 rings (SSSR count). The minimum absolute atomic E-state index is 0.417. The van der Waals surface area contributed by atoms with E-state index in [1.807, 2.05) is 24.4 Å². The summed E-state index contributed by atoms with van der Waals surface area (Å²) in [5, 5.41) is 1.57. The number of imidazole rings is 1. The number of fused-ring (bicyclic) bond motifs is 2. The highest BCUT2D eigenvalue weighted by Gasteiger charge is 2.35. The maximum Gasteiger partial charge on any atom is 0.155 e. The summed E-state index contributed by atoms with van der Waals surface area (Å²) in [5.74, 6) is 1.48. The SMILES string of the molecule is CN(C)[C@H]1C[C@@H](c2nc(-c3ccc4ccc(-c5ccccc5)nc4c3)c3c(Cl)nccn32)C1. The summed E-state index contributed by atoms with van der Waals surface area (Å²) in [7, 11) is 4.28. The van der Waals surface area contributed by atoms with Crippen molar-refractivity contribution in [2.24, 2.45) is 0 Å². The molecule has 0 radical (unpaired) electrons. The molecule has 0 unspecified atom stereocenters. The minimum Gasteiger partial charge on any atom is -0.306 e. The van der Waals surface area contributed by atoms with Gasteiger partial charge >= 0.3 is 0 Å². The standard InChI is InChI=1S/C27H24ClN5/c1-32(2)21-14-20(15-21)27-31-24(25-26(28)29-12-13-33(25)27)19-9-8-18-10-11-22(30-23(18)16-19)17-6-4-3-5-7-17/h3-13,16,20-21H,14-15H2,1-2H3/t20-,21+. The van der Waals surface area contributed by atoms with Crippen LogP contribution in [0.2, 0.25) is 5.15 Å². The number of hydrogen-bond donors (Lipinski definition) is 0. The number of halogens is 1. The zero-order valence-corrected chi connectivity index (χ0v) is 19.4. The second-order valence-electron chi connectivity index (χ2n) is 9.01. The monoisotopic (exact) mass is 453 g/mol. The summed E-state index contributed by atoms with van der Waals surface area (Å²) >= 11 is 6.60. The fraction of sp³-hybridized carbons (Fsp3) is 0.222. The van der Waals surface area contributed by atoms with E-state index in [1.54, 1.807) is 6.20 Å². The van der Waals surface area contributed by atoms with Gasteiger partial charge in [0.2, 0.25) is 0 Å². The summed E-state index contributed by atoms with van der Waals surface area (Å²) < 4.78 is 2.12. The highest BCUT2D eigenvalue weighted by Crippen LogP contribution is 2.41. The van der Waals surface area contributed by atoms with Gasteiger partial charge in [0.25, 0.3) is 0 Å². The van der Waals surface area contributed by atoms with Gasteiger partial charge in [-0.25, -0.2) is 15.0 Å². The lowest BCUT2D eigenvalue weighted by Crippen LogP contribution is -2.39. The van der Waals surface area contributed by atoms with Gasteiger partial charge in [0.1, 0.15) is 11.3 Å². The first-order chi connectivity index (χ1) is 16.1. The number of aromatic nitrogens is 4. The molecule has 0 amide bonds. The molecule has 6 heteroatoms. The smallest absolute Gasteiger partial charge is 0.155 e. The second-order valence-corrected chi connectivity index (χ2v) is 9.37. The van der Waals surface area contributed by atoms with Gasteiger partial charge < -0.3 is 4.90 Å². The second kappa shape index (κ2) is 7.94. The van der Waals surface area contributed by atoms with E-state index in [0.29, 0.717) is 17.1 Å². The van der Waals surface area contributed by atoms with Crippen LogP contribution < -0.4 is 0 Å². The summed E-state index contributed by atoms with van der Waals surface area (Å²) in [5.41, 5.74) is 5.73. The molecular formula is C27H24ClN5. The molecule has 1 fully saturated rings. The summed E-state index contributed by atoms with van der Waals surface area (Å²) in [4.78, 5) is 16.7. The Morgan fingerprint density at radius 3 is 2.52 bits per heavy atom. The van der Waals surface area contributed by atoms with Crippen molar-refractivity contribution in [3.63, 3.8) is 0 Å². The van der Waals surface area contributed by atoms with Gasteiger partial charge in [0.15, 0.2) is 5.15 Å². The largest absolute Gasteiger partial charge is 0.306 e. The van der Waals surface area contributed by atoms with Crippen LogP contribution in [0.5, 0.6) is 0 Å². The van der Waals surface area contributed by atoms with E-state index in [4.69, 9.17) is 21.6 Å². The van der Waals surface area contributed by atoms with Crippen LogP contribution in [0.3, 0.4) is 0 Å². The van der Waals surface area contributed by atoms with E-state index in [-0.39, 0.29) is 0 Å². The maximum atomic E-state index is 6.60. The van der Waals surface area contributed by atoms with Crippen LogP contribution >= 0.6 is 11.6 Å². The van der Waals surface area contributed by atoms with Gasteiger partial charge in [-0.1, -0.05) is 60.1 Å². The van der Waals surface area contributed by atoms with Crippen LogP contribution in [0.1, 0.15) is 24.6 Å². The molecule has 0 saturated heterocycles. The summed E-state index contributed by atoms with van der Waals surface area (Å²) in [6, 6.07) is 21.4. The van der Waals surface area contributed by atoms with Crippen LogP contribution in [0, 0.1) is 0 Å². The molecule has 0 atom stereocenters. The van der Waals surface area contributed by atoms with Gasteiger partial charge in [-0.05, 0) is 39.1 Å². The Hall–Kier alpha value is -3.28. The Balaban J connectivity index is 1.47. The summed E-state index contributed by atoms with van der Waals surface area (Å²) in [6.07, 6.45) is 5.93. The number of benzene rings is 2. The van der Waals surface area contributed by atoms with E-state index >= 15 is 0 Å². The molecule has 0 bridgehead atoms. The van der Waals surface area contributed by atoms with Crippen molar-refractivity contribution in [2.45, 2.75) is 24.8 Å². The summed E-state index contributed by atoms with van der Waals surface area (Å²) in [6.45, 7) is 0. The highest BCUT2D eigenvalue weighted by atomic mass is 35.5. The molecule has 33 heavy (non-hydrogen) atoms. The van der Waals surface area contributed by atoms with Gasteiger partial charge in [-0.3, -0.25) is 4.40 Å². The Labute approximate surface area is 197 Å². The Bertz CT molecular complexity index is 1470. The molecule has 1 saturated carbocycles. The number of rotatable bonds is 4. The Morgan fingerprint density at radius 2 is 1.73 bits per heavy atom. The molecule has 1 aliphatic carbocycles. The van der Waals surface area contributed by atoms with Crippen molar-refractivity contribution in [3.05, 3.63) is 84.0 Å². The van der Waals surface area contributed by atoms with E-state index in [1.165, 1.54) is 0 Å². The fourth-order valence-corrected chi connectivity index (χ4v) is 5.01. The predicted molar refractivity (Wildman–Crippen MR) is 134 cm³/mol. The molecule has 5 aromatic rings. The quantitative estimate of drug-likeness (QED) is 0.331. The lowest BCUT2D eigenvalue weighted by molar-refractivity contribution is 0.161. The van der Waals surface area contributed by atoms with Crippen LogP contribution in [0.4, 0.5) is 0 Å². The third-order valence-corrected chi connectivity index (χ3v) is 7.06. The van der Waals surface area contributed by atoms with Gasteiger partial charge in [0, 0.05) is 40.9 Å². The zero-order chi connectivity index (χ0) is 22.5. The molecule has 164 valence electrons. The Kier molecular flexibility index (Phi) is 4.89. The topological polar surface area (TPSA) is 46.3 Å². The number of pyridine rings is 1. The fourth-order valence-electron chi connectivity index (χ4n) is 4.77. The number of nitrogens with zero attached hydrogens (tertiary/aromatic N) is 5. The van der Waals surface area contributed by atoms with E-state index in [2.05, 4.69) is 70.8 Å². The lowest BCUT2D eigenvalue weighted by Gasteiger charge is -2.38. The zero-order valence-electron chi connectivity index (χ0n) is 18.6. The molecule has 3 heterocycles. The van der Waals surface area contributed by atoms with E-state index < -0.39 is 0 Å². The van der Waals surface area contributed by atoms with Crippen molar-refractivity contribution in [2.75, 3.05) is 14.1 Å². The van der Waals surface area contributed by atoms with Crippen LogP contribution in [0.25, 0.3) is 38.9 Å². The van der Waals surface area contributed by atoms with Crippen LogP contribution in [-0.4, -0.2) is 44.4 Å². The molecule has 0 aliphatic heterocycles. The van der Waals surface area contributed by atoms with Crippen LogP contribution in [0.15, 0.2) is 73.1 Å². The average molecular weight is 454 g/mol. The van der Waals surface area contributed by atoms with Crippen molar-refractivity contribution in [1.29, 1.82) is 0 Å². The molecule has 2 aromatic carbocycles. The highest BCUT2D eigenvalue weighted by molar-refractivity contribution is 6.33. The third-order valence-electron chi connectivity index (χ3n) is 6.78. The van der Waals surface area contributed by atoms with Gasteiger partial charge in [-0.2, -0.15) is 0 Å².